The van der Waals surface area contributed by atoms with E-state index in [0.29, 0.717) is 5.92 Å². The normalized spacial score (nSPS) is 21.3. The van der Waals surface area contributed by atoms with Crippen LogP contribution in [-0.4, -0.2) is 31.7 Å². The molecule has 25 heavy (non-hydrogen) atoms. The molecule has 138 valence electrons. The van der Waals surface area contributed by atoms with Crippen molar-refractivity contribution in [3.8, 4) is 0 Å². The quantitative estimate of drug-likeness (QED) is 0.629. The molecule has 1 aromatic rings. The molecule has 0 spiro atoms. The Hall–Kier alpha value is -1.90. The van der Waals surface area contributed by atoms with Crippen molar-refractivity contribution in [1.29, 1.82) is 0 Å². The van der Waals surface area contributed by atoms with Crippen molar-refractivity contribution >= 4 is 23.4 Å². The van der Waals surface area contributed by atoms with Gasteiger partial charge in [-0.15, -0.1) is 0 Å². The minimum atomic E-state index is -0.505. The van der Waals surface area contributed by atoms with Gasteiger partial charge in [-0.05, 0) is 30.6 Å². The zero-order valence-corrected chi connectivity index (χ0v) is 16.1. The number of hydrogen-bond acceptors (Lipinski definition) is 6. The fourth-order valence-corrected chi connectivity index (χ4v) is 4.04. The Kier molecular flexibility index (Phi) is 5.87. The van der Waals surface area contributed by atoms with Crippen molar-refractivity contribution in [2.45, 2.75) is 45.1 Å². The van der Waals surface area contributed by atoms with Crippen LogP contribution in [0.3, 0.4) is 0 Å². The molecule has 0 aliphatic heterocycles. The van der Waals surface area contributed by atoms with Gasteiger partial charge < -0.3 is 0 Å². The van der Waals surface area contributed by atoms with Crippen LogP contribution in [0.5, 0.6) is 0 Å². The number of carbonyl (C=O) groups excluding carboxylic acids is 1. The van der Waals surface area contributed by atoms with Crippen molar-refractivity contribution in [2.75, 3.05) is 5.75 Å². The van der Waals surface area contributed by atoms with E-state index >= 15 is 0 Å². The van der Waals surface area contributed by atoms with E-state index in [2.05, 4.69) is 36.4 Å². The Morgan fingerprint density at radius 2 is 2.08 bits per heavy atom. The molecule has 1 saturated carbocycles. The summed E-state index contributed by atoms with van der Waals surface area (Å²) in [4.78, 5) is 35.6. The second-order valence-electron chi connectivity index (χ2n) is 7.43. The molecular formula is C16H25N5O3S. The molecule has 9 heteroatoms. The summed E-state index contributed by atoms with van der Waals surface area (Å²) in [6.07, 6.45) is 2.91. The van der Waals surface area contributed by atoms with Gasteiger partial charge in [0.15, 0.2) is 5.03 Å². The van der Waals surface area contributed by atoms with E-state index in [1.165, 1.54) is 14.1 Å². The highest BCUT2D eigenvalue weighted by atomic mass is 32.2. The topological polar surface area (TPSA) is 98.3 Å². The zero-order valence-electron chi connectivity index (χ0n) is 15.3. The van der Waals surface area contributed by atoms with Gasteiger partial charge in [-0.3, -0.25) is 14.2 Å². The van der Waals surface area contributed by atoms with Crippen LogP contribution in [0.25, 0.3) is 0 Å². The van der Waals surface area contributed by atoms with Crippen LogP contribution in [0, 0.1) is 11.3 Å². The molecule has 1 atom stereocenters. The molecule has 1 fully saturated rings. The third kappa shape index (κ3) is 5.04. The predicted molar refractivity (Wildman–Crippen MR) is 97.8 cm³/mol. The van der Waals surface area contributed by atoms with Gasteiger partial charge in [0, 0.05) is 19.8 Å². The van der Waals surface area contributed by atoms with E-state index in [9.17, 15) is 14.4 Å². The minimum Gasteiger partial charge on any atom is -0.272 e. The molecule has 1 aliphatic carbocycles. The first-order valence-electron chi connectivity index (χ1n) is 8.20. The van der Waals surface area contributed by atoms with Crippen LogP contribution in [0.4, 0.5) is 0 Å². The van der Waals surface area contributed by atoms with Crippen LogP contribution in [0.15, 0.2) is 19.7 Å². The van der Waals surface area contributed by atoms with Gasteiger partial charge in [0.25, 0.3) is 5.56 Å². The molecule has 1 aliphatic rings. The molecular weight excluding hydrogens is 342 g/mol. The SMILES string of the molecule is C[C@H]1C/C(=N/NC(=O)CSc2nn(C)c(=O)n(C)c2=O)CC(C)(C)C1. The smallest absolute Gasteiger partial charge is 0.272 e. The maximum Gasteiger partial charge on any atom is 0.346 e. The summed E-state index contributed by atoms with van der Waals surface area (Å²) in [6, 6.07) is 0. The van der Waals surface area contributed by atoms with Gasteiger partial charge in [0.1, 0.15) is 0 Å². The molecule has 1 aromatic heterocycles. The molecule has 2 rings (SSSR count). The predicted octanol–water partition coefficient (Wildman–Crippen LogP) is 0.889. The highest BCUT2D eigenvalue weighted by Gasteiger charge is 2.29. The second kappa shape index (κ2) is 7.55. The number of aromatic nitrogens is 3. The van der Waals surface area contributed by atoms with Gasteiger partial charge in [0.05, 0.1) is 5.75 Å². The Labute approximate surface area is 150 Å². The van der Waals surface area contributed by atoms with Gasteiger partial charge in [-0.25, -0.2) is 14.9 Å². The lowest BCUT2D eigenvalue weighted by Gasteiger charge is -2.34. The average molecular weight is 367 g/mol. The molecule has 0 unspecified atom stereocenters. The van der Waals surface area contributed by atoms with E-state index in [0.717, 1.165) is 46.0 Å². The lowest BCUT2D eigenvalue weighted by atomic mass is 9.72. The summed E-state index contributed by atoms with van der Waals surface area (Å²) >= 11 is 0.994. The first kappa shape index (κ1) is 19.4. The standard InChI is InChI=1S/C16H25N5O3S/c1-10-6-11(8-16(2,3)7-10)17-18-12(22)9-25-13-14(23)20(4)15(24)21(5)19-13/h10H,6-9H2,1-5H3,(H,18,22)/b17-11-/t10-/m0/s1. The maximum atomic E-state index is 12.0. The summed E-state index contributed by atoms with van der Waals surface area (Å²) < 4.78 is 2.05. The van der Waals surface area contributed by atoms with Crippen molar-refractivity contribution in [2.24, 2.45) is 30.5 Å². The fourth-order valence-electron chi connectivity index (χ4n) is 3.27. The third-order valence-electron chi connectivity index (χ3n) is 4.14. The fraction of sp³-hybridized carbons (Fsp3) is 0.688. The second-order valence-corrected chi connectivity index (χ2v) is 8.40. The number of thioether (sulfide) groups is 1. The highest BCUT2D eigenvalue weighted by Crippen LogP contribution is 2.36. The van der Waals surface area contributed by atoms with Crippen molar-refractivity contribution in [3.63, 3.8) is 0 Å². The Morgan fingerprint density at radius 1 is 1.40 bits per heavy atom. The highest BCUT2D eigenvalue weighted by molar-refractivity contribution is 7.99. The molecule has 1 heterocycles. The van der Waals surface area contributed by atoms with E-state index < -0.39 is 11.2 Å². The van der Waals surface area contributed by atoms with Crippen LogP contribution < -0.4 is 16.7 Å². The molecule has 0 saturated heterocycles. The largest absolute Gasteiger partial charge is 0.346 e. The summed E-state index contributed by atoms with van der Waals surface area (Å²) in [7, 11) is 2.85. The number of nitrogens with one attached hydrogen (secondary N) is 1. The Morgan fingerprint density at radius 3 is 2.72 bits per heavy atom. The average Bonchev–Trinajstić information content (AvgIpc) is 2.51. The van der Waals surface area contributed by atoms with E-state index in [1.807, 2.05) is 0 Å². The van der Waals surface area contributed by atoms with Crippen LogP contribution >= 0.6 is 11.8 Å². The van der Waals surface area contributed by atoms with Gasteiger partial charge in [0.2, 0.25) is 5.91 Å². The number of carbonyl (C=O) groups is 1. The maximum absolute atomic E-state index is 12.0. The van der Waals surface area contributed by atoms with Gasteiger partial charge in [-0.2, -0.15) is 10.2 Å². The van der Waals surface area contributed by atoms with Gasteiger partial charge >= 0.3 is 5.69 Å². The number of amides is 1. The summed E-state index contributed by atoms with van der Waals surface area (Å²) in [5.41, 5.74) is 2.75. The Bertz CT molecular complexity index is 809. The molecule has 0 radical (unpaired) electrons. The third-order valence-corrected chi connectivity index (χ3v) is 5.07. The lowest BCUT2D eigenvalue weighted by molar-refractivity contribution is -0.118. The first-order chi connectivity index (χ1) is 11.6. The zero-order chi connectivity index (χ0) is 18.8. The molecule has 0 aromatic carbocycles. The van der Waals surface area contributed by atoms with E-state index in [1.54, 1.807) is 0 Å². The minimum absolute atomic E-state index is 0.0101. The molecule has 0 bridgehead atoms. The lowest BCUT2D eigenvalue weighted by Crippen LogP contribution is -2.39. The van der Waals surface area contributed by atoms with Crippen LogP contribution in [0.1, 0.15) is 40.0 Å². The van der Waals surface area contributed by atoms with Crippen molar-refractivity contribution in [1.82, 2.24) is 19.8 Å². The van der Waals surface area contributed by atoms with Gasteiger partial charge in [-0.1, -0.05) is 32.5 Å². The summed E-state index contributed by atoms with van der Waals surface area (Å²) in [5.74, 6) is 0.258. The molecule has 1 amide bonds. The monoisotopic (exact) mass is 367 g/mol. The number of hydrogen-bond donors (Lipinski definition) is 1. The summed E-state index contributed by atoms with van der Waals surface area (Å²) in [5, 5.41) is 8.27. The molecule has 8 nitrogen and oxygen atoms in total. The van der Waals surface area contributed by atoms with Crippen molar-refractivity contribution in [3.05, 3.63) is 20.8 Å². The number of nitrogens with zero attached hydrogens (tertiary/aromatic N) is 4. The van der Waals surface area contributed by atoms with Crippen LogP contribution in [0.2, 0.25) is 0 Å². The van der Waals surface area contributed by atoms with E-state index in [4.69, 9.17) is 0 Å². The van der Waals surface area contributed by atoms with Crippen LogP contribution in [-0.2, 0) is 18.9 Å². The summed E-state index contributed by atoms with van der Waals surface area (Å²) in [6.45, 7) is 6.60. The van der Waals surface area contributed by atoms with E-state index in [-0.39, 0.29) is 22.1 Å². The number of aryl methyl sites for hydroxylation is 1. The number of hydrazone groups is 1. The molecule has 1 N–H and O–H groups in total. The first-order valence-corrected chi connectivity index (χ1v) is 9.19. The number of rotatable bonds is 4. The van der Waals surface area contributed by atoms with Crippen molar-refractivity contribution < 1.29 is 4.79 Å². The Balaban J connectivity index is 1.97.